The number of benzene rings is 1. The first-order chi connectivity index (χ1) is 10.4. The molecule has 22 heavy (non-hydrogen) atoms. The Balaban J connectivity index is 2.12. The molecule has 0 unspecified atom stereocenters. The molecule has 7 heteroatoms. The average molecular weight is 305 g/mol. The lowest BCUT2D eigenvalue weighted by Crippen LogP contribution is -2.27. The number of hydrogen-bond acceptors (Lipinski definition) is 6. The lowest BCUT2D eigenvalue weighted by Gasteiger charge is -2.22. The Labute approximate surface area is 128 Å². The first kappa shape index (κ1) is 16.0. The number of rotatable bonds is 6. The molecule has 1 aromatic carbocycles. The minimum atomic E-state index is -0.549. The predicted molar refractivity (Wildman–Crippen MR) is 85.5 cm³/mol. The highest BCUT2D eigenvalue weighted by molar-refractivity contribution is 5.60. The van der Waals surface area contributed by atoms with Crippen LogP contribution in [0, 0.1) is 11.2 Å². The summed E-state index contributed by atoms with van der Waals surface area (Å²) in [4.78, 5) is 8.00. The molecule has 0 bridgehead atoms. The largest absolute Gasteiger partial charge is 0.399 e. The zero-order chi connectivity index (χ0) is 16.2. The van der Waals surface area contributed by atoms with E-state index in [9.17, 15) is 9.50 Å². The Bertz CT molecular complexity index is 648. The van der Waals surface area contributed by atoms with Crippen LogP contribution in [0.15, 0.2) is 30.5 Å². The van der Waals surface area contributed by atoms with Gasteiger partial charge in [-0.25, -0.2) is 9.37 Å². The van der Waals surface area contributed by atoms with Crippen molar-refractivity contribution < 1.29 is 9.50 Å². The van der Waals surface area contributed by atoms with E-state index in [1.54, 1.807) is 18.2 Å². The van der Waals surface area contributed by atoms with Crippen molar-refractivity contribution in [1.29, 1.82) is 0 Å². The fourth-order valence-electron chi connectivity index (χ4n) is 1.68. The molecule has 1 aromatic heterocycles. The maximum atomic E-state index is 13.8. The van der Waals surface area contributed by atoms with Crippen LogP contribution in [-0.4, -0.2) is 28.2 Å². The van der Waals surface area contributed by atoms with Crippen molar-refractivity contribution in [3.05, 3.63) is 36.3 Å². The van der Waals surface area contributed by atoms with E-state index in [4.69, 9.17) is 5.73 Å². The number of aliphatic hydroxyl groups is 1. The number of anilines is 4. The summed E-state index contributed by atoms with van der Waals surface area (Å²) in [7, 11) is 0. The van der Waals surface area contributed by atoms with Gasteiger partial charge in [0, 0.05) is 29.9 Å². The second kappa shape index (κ2) is 6.57. The smallest absolute Gasteiger partial charge is 0.229 e. The number of nitrogens with zero attached hydrogens (tertiary/aromatic N) is 2. The summed E-state index contributed by atoms with van der Waals surface area (Å²) in [6.07, 6.45) is 1.09. The third kappa shape index (κ3) is 4.29. The lowest BCUT2D eigenvalue weighted by molar-refractivity contribution is 0.170. The minimum absolute atomic E-state index is 0.0128. The molecule has 0 aliphatic heterocycles. The molecule has 0 amide bonds. The standard InChI is InChI=1S/C15H20FN5O/c1-15(2,9-22)8-19-13-12(16)7-18-14(21-13)20-11-5-3-4-10(17)6-11/h3-7,22H,8-9,17H2,1-2H3,(H2,18,19,20,21). The first-order valence-corrected chi connectivity index (χ1v) is 6.89. The van der Waals surface area contributed by atoms with Gasteiger partial charge in [0.1, 0.15) is 0 Å². The Morgan fingerprint density at radius 1 is 1.36 bits per heavy atom. The van der Waals surface area contributed by atoms with Crippen LogP contribution in [0.1, 0.15) is 13.8 Å². The van der Waals surface area contributed by atoms with Gasteiger partial charge in [-0.1, -0.05) is 19.9 Å². The zero-order valence-electron chi connectivity index (χ0n) is 12.6. The van der Waals surface area contributed by atoms with Crippen LogP contribution < -0.4 is 16.4 Å². The molecule has 0 atom stereocenters. The van der Waals surface area contributed by atoms with E-state index < -0.39 is 5.82 Å². The summed E-state index contributed by atoms with van der Waals surface area (Å²) in [5, 5.41) is 15.1. The van der Waals surface area contributed by atoms with Crippen molar-refractivity contribution in [3.63, 3.8) is 0 Å². The molecule has 0 aliphatic rings. The molecule has 6 nitrogen and oxygen atoms in total. The van der Waals surface area contributed by atoms with Crippen LogP contribution in [0.3, 0.4) is 0 Å². The molecular formula is C15H20FN5O. The molecular weight excluding hydrogens is 285 g/mol. The summed E-state index contributed by atoms with van der Waals surface area (Å²) >= 11 is 0. The molecule has 0 spiro atoms. The average Bonchev–Trinajstić information content (AvgIpc) is 2.48. The number of nitrogen functional groups attached to an aromatic ring is 1. The minimum Gasteiger partial charge on any atom is -0.399 e. The maximum absolute atomic E-state index is 13.8. The van der Waals surface area contributed by atoms with Crippen molar-refractivity contribution in [2.24, 2.45) is 5.41 Å². The van der Waals surface area contributed by atoms with Gasteiger partial charge in [-0.15, -0.1) is 0 Å². The second-order valence-corrected chi connectivity index (χ2v) is 5.82. The van der Waals surface area contributed by atoms with Crippen LogP contribution in [0.5, 0.6) is 0 Å². The number of nitrogens with two attached hydrogens (primary N) is 1. The zero-order valence-corrected chi connectivity index (χ0v) is 12.6. The first-order valence-electron chi connectivity index (χ1n) is 6.89. The van der Waals surface area contributed by atoms with Gasteiger partial charge in [0.05, 0.1) is 6.20 Å². The highest BCUT2D eigenvalue weighted by Gasteiger charge is 2.17. The van der Waals surface area contributed by atoms with Gasteiger partial charge in [-0.2, -0.15) is 4.98 Å². The van der Waals surface area contributed by atoms with Crippen molar-refractivity contribution >= 4 is 23.1 Å². The van der Waals surface area contributed by atoms with Crippen molar-refractivity contribution in [1.82, 2.24) is 9.97 Å². The Hall–Kier alpha value is -2.41. The van der Waals surface area contributed by atoms with Gasteiger partial charge in [0.15, 0.2) is 11.6 Å². The van der Waals surface area contributed by atoms with Gasteiger partial charge >= 0.3 is 0 Å². The molecule has 5 N–H and O–H groups in total. The summed E-state index contributed by atoms with van der Waals surface area (Å²) in [5.74, 6) is -0.203. The van der Waals surface area contributed by atoms with Crippen molar-refractivity contribution in [3.8, 4) is 0 Å². The molecule has 2 rings (SSSR count). The fraction of sp³-hybridized carbons (Fsp3) is 0.333. The van der Waals surface area contributed by atoms with E-state index in [0.29, 0.717) is 17.9 Å². The van der Waals surface area contributed by atoms with E-state index in [-0.39, 0.29) is 23.8 Å². The summed E-state index contributed by atoms with van der Waals surface area (Å²) < 4.78 is 13.8. The molecule has 0 fully saturated rings. The molecule has 118 valence electrons. The molecule has 0 saturated heterocycles. The number of aliphatic hydroxyl groups excluding tert-OH is 1. The molecule has 0 aliphatic carbocycles. The van der Waals surface area contributed by atoms with E-state index in [0.717, 1.165) is 6.20 Å². The fourth-order valence-corrected chi connectivity index (χ4v) is 1.68. The van der Waals surface area contributed by atoms with Crippen LogP contribution >= 0.6 is 0 Å². The number of hydrogen-bond donors (Lipinski definition) is 4. The van der Waals surface area contributed by atoms with Gasteiger partial charge in [-0.05, 0) is 18.2 Å². The van der Waals surface area contributed by atoms with Crippen LogP contribution in [0.25, 0.3) is 0 Å². The van der Waals surface area contributed by atoms with E-state index in [2.05, 4.69) is 20.6 Å². The molecule has 1 heterocycles. The van der Waals surface area contributed by atoms with Crippen LogP contribution in [-0.2, 0) is 0 Å². The number of halogens is 1. The van der Waals surface area contributed by atoms with Crippen molar-refractivity contribution in [2.45, 2.75) is 13.8 Å². The Morgan fingerprint density at radius 2 is 2.14 bits per heavy atom. The summed E-state index contributed by atoms with van der Waals surface area (Å²) in [6, 6.07) is 7.10. The third-order valence-corrected chi connectivity index (χ3v) is 3.05. The van der Waals surface area contributed by atoms with Gasteiger partial charge in [0.25, 0.3) is 0 Å². The predicted octanol–water partition coefficient (Wildman–Crippen LogP) is 2.37. The molecule has 0 radical (unpaired) electrons. The quantitative estimate of drug-likeness (QED) is 0.612. The van der Waals surface area contributed by atoms with Crippen molar-refractivity contribution in [2.75, 3.05) is 29.5 Å². The highest BCUT2D eigenvalue weighted by atomic mass is 19.1. The lowest BCUT2D eigenvalue weighted by atomic mass is 9.95. The van der Waals surface area contributed by atoms with Gasteiger partial charge in [-0.3, -0.25) is 0 Å². The van der Waals surface area contributed by atoms with Gasteiger partial charge in [0.2, 0.25) is 5.95 Å². The number of aromatic nitrogens is 2. The second-order valence-electron chi connectivity index (χ2n) is 5.82. The normalized spacial score (nSPS) is 11.3. The van der Waals surface area contributed by atoms with Crippen LogP contribution in [0.4, 0.5) is 27.5 Å². The van der Waals surface area contributed by atoms with Crippen LogP contribution in [0.2, 0.25) is 0 Å². The van der Waals surface area contributed by atoms with E-state index >= 15 is 0 Å². The summed E-state index contributed by atoms with van der Waals surface area (Å²) in [6.45, 7) is 4.10. The maximum Gasteiger partial charge on any atom is 0.229 e. The molecule has 0 saturated carbocycles. The number of nitrogens with one attached hydrogen (secondary N) is 2. The Kier molecular flexibility index (Phi) is 4.77. The summed E-state index contributed by atoms with van der Waals surface area (Å²) in [5.41, 5.74) is 6.65. The monoisotopic (exact) mass is 305 g/mol. The third-order valence-electron chi connectivity index (χ3n) is 3.05. The topological polar surface area (TPSA) is 96.1 Å². The van der Waals surface area contributed by atoms with Gasteiger partial charge < -0.3 is 21.5 Å². The van der Waals surface area contributed by atoms with E-state index in [1.807, 2.05) is 19.9 Å². The SMILES string of the molecule is CC(C)(CO)CNc1nc(Nc2cccc(N)c2)ncc1F. The highest BCUT2D eigenvalue weighted by Crippen LogP contribution is 2.20. The van der Waals surface area contributed by atoms with E-state index in [1.165, 1.54) is 0 Å². The molecule has 2 aromatic rings. The Morgan fingerprint density at radius 3 is 2.82 bits per heavy atom.